The Bertz CT molecular complexity index is 545. The van der Waals surface area contributed by atoms with E-state index in [2.05, 4.69) is 9.97 Å². The number of aromatic nitrogens is 2. The number of nitrogens with two attached hydrogens (primary N) is 1. The summed E-state index contributed by atoms with van der Waals surface area (Å²) in [7, 11) is 0. The van der Waals surface area contributed by atoms with E-state index in [1.807, 2.05) is 37.3 Å². The van der Waals surface area contributed by atoms with Gasteiger partial charge in [-0.05, 0) is 31.0 Å². The molecular weight excluding hydrogens is 250 g/mol. The Hall–Kier alpha value is -1.81. The molecule has 1 aromatic heterocycles. The van der Waals surface area contributed by atoms with Crippen molar-refractivity contribution in [1.82, 2.24) is 9.97 Å². The summed E-state index contributed by atoms with van der Waals surface area (Å²) in [5.74, 6) is 0.323. The first kappa shape index (κ1) is 12.6. The summed E-state index contributed by atoms with van der Waals surface area (Å²) >= 11 is 5.79. The Morgan fingerprint density at radius 1 is 1.22 bits per heavy atom. The van der Waals surface area contributed by atoms with Crippen LogP contribution in [0, 0.1) is 6.92 Å². The van der Waals surface area contributed by atoms with Crippen LogP contribution in [-0.4, -0.2) is 9.97 Å². The molecule has 0 bridgehead atoms. The third-order valence-electron chi connectivity index (χ3n) is 2.63. The molecule has 4 nitrogen and oxygen atoms in total. The highest BCUT2D eigenvalue weighted by Crippen LogP contribution is 2.27. The van der Waals surface area contributed by atoms with Crippen LogP contribution in [0.4, 0.5) is 5.69 Å². The number of nitrogens with zero attached hydrogens (tertiary/aromatic N) is 2. The first-order valence-electron chi connectivity index (χ1n) is 5.59. The minimum atomic E-state index is -0.154. The van der Waals surface area contributed by atoms with Crippen LogP contribution < -0.4 is 10.5 Å². The molecule has 2 aromatic rings. The lowest BCUT2D eigenvalue weighted by Gasteiger charge is -2.16. The lowest BCUT2D eigenvalue weighted by atomic mass is 10.1. The number of benzene rings is 1. The van der Waals surface area contributed by atoms with Crippen LogP contribution in [-0.2, 0) is 0 Å². The van der Waals surface area contributed by atoms with Crippen molar-refractivity contribution in [3.05, 3.63) is 46.9 Å². The summed E-state index contributed by atoms with van der Waals surface area (Å²) in [6.45, 7) is 3.70. The van der Waals surface area contributed by atoms with Crippen molar-refractivity contribution in [1.29, 1.82) is 0 Å². The van der Waals surface area contributed by atoms with Gasteiger partial charge in [-0.1, -0.05) is 30.3 Å². The molecule has 2 N–H and O–H groups in total. The van der Waals surface area contributed by atoms with Gasteiger partial charge in [0.05, 0.1) is 5.69 Å². The van der Waals surface area contributed by atoms with Gasteiger partial charge >= 0.3 is 0 Å². The van der Waals surface area contributed by atoms with Gasteiger partial charge in [0.25, 0.3) is 0 Å². The normalized spacial score (nSPS) is 12.2. The molecule has 0 radical (unpaired) electrons. The van der Waals surface area contributed by atoms with Crippen LogP contribution in [0.15, 0.2) is 30.3 Å². The molecule has 0 aliphatic rings. The summed E-state index contributed by atoms with van der Waals surface area (Å²) in [6.07, 6.45) is -0.154. The monoisotopic (exact) mass is 263 g/mol. The molecule has 1 unspecified atom stereocenters. The van der Waals surface area contributed by atoms with E-state index in [0.717, 1.165) is 5.56 Å². The molecular formula is C13H14ClN3O. The zero-order valence-corrected chi connectivity index (χ0v) is 11.0. The van der Waals surface area contributed by atoms with Crippen molar-refractivity contribution >= 4 is 17.3 Å². The molecule has 0 saturated carbocycles. The van der Waals surface area contributed by atoms with Crippen LogP contribution >= 0.6 is 11.6 Å². The number of aryl methyl sites for hydroxylation is 1. The molecule has 2 rings (SSSR count). The lowest BCUT2D eigenvalue weighted by Crippen LogP contribution is -2.08. The molecule has 0 amide bonds. The topological polar surface area (TPSA) is 61.0 Å². The quantitative estimate of drug-likeness (QED) is 0.864. The molecule has 0 aliphatic heterocycles. The second kappa shape index (κ2) is 5.23. The second-order valence-electron chi connectivity index (χ2n) is 3.97. The Labute approximate surface area is 111 Å². The molecule has 0 aliphatic carbocycles. The smallest absolute Gasteiger partial charge is 0.242 e. The fraction of sp³-hybridized carbons (Fsp3) is 0.231. The van der Waals surface area contributed by atoms with Gasteiger partial charge < -0.3 is 10.5 Å². The third-order valence-corrected chi connectivity index (χ3v) is 2.80. The molecule has 0 fully saturated rings. The SMILES string of the molecule is Cc1nc(Cl)nc(OC(C)c2ccccc2)c1N. The summed E-state index contributed by atoms with van der Waals surface area (Å²) < 4.78 is 5.73. The van der Waals surface area contributed by atoms with Crippen LogP contribution in [0.5, 0.6) is 5.88 Å². The number of rotatable bonds is 3. The second-order valence-corrected chi connectivity index (χ2v) is 4.31. The van der Waals surface area contributed by atoms with Crippen molar-refractivity contribution in [3.63, 3.8) is 0 Å². The van der Waals surface area contributed by atoms with Crippen molar-refractivity contribution < 1.29 is 4.74 Å². The highest BCUT2D eigenvalue weighted by atomic mass is 35.5. The first-order chi connectivity index (χ1) is 8.58. The van der Waals surface area contributed by atoms with E-state index < -0.39 is 0 Å². The molecule has 1 heterocycles. The Kier molecular flexibility index (Phi) is 3.67. The zero-order chi connectivity index (χ0) is 13.1. The number of nitrogen functional groups attached to an aromatic ring is 1. The highest BCUT2D eigenvalue weighted by molar-refractivity contribution is 6.28. The summed E-state index contributed by atoms with van der Waals surface area (Å²) in [6, 6.07) is 9.83. The van der Waals surface area contributed by atoms with Crippen molar-refractivity contribution in [2.24, 2.45) is 0 Å². The average Bonchev–Trinajstić information content (AvgIpc) is 2.36. The van der Waals surface area contributed by atoms with Crippen LogP contribution in [0.3, 0.4) is 0 Å². The number of hydrogen-bond acceptors (Lipinski definition) is 4. The maximum Gasteiger partial charge on any atom is 0.242 e. The van der Waals surface area contributed by atoms with Crippen molar-refractivity contribution in [2.45, 2.75) is 20.0 Å². The summed E-state index contributed by atoms with van der Waals surface area (Å²) in [5.41, 5.74) is 7.95. The summed E-state index contributed by atoms with van der Waals surface area (Å²) in [5, 5.41) is 0.136. The lowest BCUT2D eigenvalue weighted by molar-refractivity contribution is 0.218. The van der Waals surface area contributed by atoms with Crippen LogP contribution in [0.2, 0.25) is 5.28 Å². The molecule has 94 valence electrons. The van der Waals surface area contributed by atoms with Gasteiger partial charge in [0.15, 0.2) is 0 Å². The van der Waals surface area contributed by atoms with Crippen molar-refractivity contribution in [3.8, 4) is 5.88 Å². The zero-order valence-electron chi connectivity index (χ0n) is 10.2. The minimum Gasteiger partial charge on any atom is -0.468 e. The molecule has 1 atom stereocenters. The molecule has 5 heteroatoms. The maximum absolute atomic E-state index is 5.87. The van der Waals surface area contributed by atoms with Crippen LogP contribution in [0.1, 0.15) is 24.3 Å². The van der Waals surface area contributed by atoms with E-state index in [0.29, 0.717) is 17.3 Å². The Morgan fingerprint density at radius 2 is 1.89 bits per heavy atom. The Morgan fingerprint density at radius 3 is 2.56 bits per heavy atom. The maximum atomic E-state index is 5.87. The van der Waals surface area contributed by atoms with Crippen molar-refractivity contribution in [2.75, 3.05) is 5.73 Å². The van der Waals surface area contributed by atoms with E-state index in [1.165, 1.54) is 0 Å². The highest BCUT2D eigenvalue weighted by Gasteiger charge is 2.13. The van der Waals surface area contributed by atoms with Gasteiger partial charge in [-0.25, -0.2) is 4.98 Å². The minimum absolute atomic E-state index is 0.136. The van der Waals surface area contributed by atoms with E-state index in [1.54, 1.807) is 6.92 Å². The predicted molar refractivity (Wildman–Crippen MR) is 71.7 cm³/mol. The number of ether oxygens (including phenoxy) is 1. The number of anilines is 1. The van der Waals surface area contributed by atoms with Gasteiger partial charge in [-0.3, -0.25) is 0 Å². The molecule has 1 aromatic carbocycles. The van der Waals surface area contributed by atoms with Gasteiger partial charge in [0.2, 0.25) is 11.2 Å². The first-order valence-corrected chi connectivity index (χ1v) is 5.97. The van der Waals surface area contributed by atoms with E-state index >= 15 is 0 Å². The van der Waals surface area contributed by atoms with E-state index in [4.69, 9.17) is 22.1 Å². The number of halogens is 1. The van der Waals surface area contributed by atoms with Crippen LogP contribution in [0.25, 0.3) is 0 Å². The van der Waals surface area contributed by atoms with Gasteiger partial charge in [-0.2, -0.15) is 4.98 Å². The van der Waals surface area contributed by atoms with Gasteiger partial charge in [-0.15, -0.1) is 0 Å². The fourth-order valence-electron chi connectivity index (χ4n) is 1.57. The Balaban J connectivity index is 2.24. The standard InChI is InChI=1S/C13H14ClN3O/c1-8-11(15)12(17-13(14)16-8)18-9(2)10-6-4-3-5-7-10/h3-7,9H,15H2,1-2H3. The largest absolute Gasteiger partial charge is 0.468 e. The van der Waals surface area contributed by atoms with E-state index in [9.17, 15) is 0 Å². The molecule has 0 spiro atoms. The molecule has 18 heavy (non-hydrogen) atoms. The molecule has 0 saturated heterocycles. The van der Waals surface area contributed by atoms with E-state index in [-0.39, 0.29) is 11.4 Å². The van der Waals surface area contributed by atoms with Gasteiger partial charge in [0, 0.05) is 0 Å². The predicted octanol–water partition coefficient (Wildman–Crippen LogP) is 3.16. The fourth-order valence-corrected chi connectivity index (χ4v) is 1.78. The number of hydrogen-bond donors (Lipinski definition) is 1. The third kappa shape index (κ3) is 2.71. The van der Waals surface area contributed by atoms with Gasteiger partial charge in [0.1, 0.15) is 11.8 Å². The summed E-state index contributed by atoms with van der Waals surface area (Å²) in [4.78, 5) is 7.97. The average molecular weight is 264 g/mol.